The lowest BCUT2D eigenvalue weighted by Gasteiger charge is -2.15. The maximum Gasteiger partial charge on any atom is 0.344 e. The van der Waals surface area contributed by atoms with E-state index in [2.05, 4.69) is 5.32 Å². The van der Waals surface area contributed by atoms with E-state index in [4.69, 9.17) is 25.8 Å². The molecule has 0 fully saturated rings. The highest BCUT2D eigenvalue weighted by Gasteiger charge is 2.21. The molecule has 2 aromatic rings. The molecule has 0 spiro atoms. The van der Waals surface area contributed by atoms with Crippen LogP contribution in [0.1, 0.15) is 6.92 Å². The highest BCUT2D eigenvalue weighted by molar-refractivity contribution is 6.30. The molecular formula is C18H17ClN2O7. The van der Waals surface area contributed by atoms with E-state index in [-0.39, 0.29) is 17.1 Å². The van der Waals surface area contributed by atoms with Gasteiger partial charge in [-0.25, -0.2) is 4.79 Å². The molecule has 0 heterocycles. The number of amides is 1. The zero-order valence-corrected chi connectivity index (χ0v) is 15.8. The van der Waals surface area contributed by atoms with Crippen LogP contribution in [-0.4, -0.2) is 36.6 Å². The van der Waals surface area contributed by atoms with Gasteiger partial charge >= 0.3 is 5.97 Å². The number of nitro benzene ring substituents is 1. The summed E-state index contributed by atoms with van der Waals surface area (Å²) in [6, 6.07) is 10.1. The van der Waals surface area contributed by atoms with Crippen molar-refractivity contribution in [2.45, 2.75) is 13.0 Å². The number of anilines is 1. The van der Waals surface area contributed by atoms with Crippen LogP contribution in [-0.2, 0) is 14.3 Å². The van der Waals surface area contributed by atoms with Crippen molar-refractivity contribution in [3.05, 3.63) is 57.6 Å². The van der Waals surface area contributed by atoms with E-state index in [1.807, 2.05) is 0 Å². The minimum Gasteiger partial charge on any atom is -0.495 e. The minimum absolute atomic E-state index is 0.0852. The van der Waals surface area contributed by atoms with Gasteiger partial charge in [0.25, 0.3) is 11.6 Å². The van der Waals surface area contributed by atoms with Gasteiger partial charge in [0.15, 0.2) is 12.7 Å². The standard InChI is InChI=1S/C18H17ClN2O7/c1-11(28-17(22)10-27-14-6-3-12(19)4-7-14)18(23)20-15-9-13(21(24)25)5-8-16(15)26-2/h3-9,11H,10H2,1-2H3,(H,20,23)/t11-/m1/s1. The zero-order valence-electron chi connectivity index (χ0n) is 15.0. The molecule has 0 aliphatic heterocycles. The molecule has 1 amide bonds. The summed E-state index contributed by atoms with van der Waals surface area (Å²) in [7, 11) is 1.36. The van der Waals surface area contributed by atoms with E-state index in [0.717, 1.165) is 6.07 Å². The van der Waals surface area contributed by atoms with Crippen LogP contribution in [0.3, 0.4) is 0 Å². The van der Waals surface area contributed by atoms with Crippen LogP contribution < -0.4 is 14.8 Å². The Morgan fingerprint density at radius 3 is 2.50 bits per heavy atom. The molecule has 0 radical (unpaired) electrons. The Morgan fingerprint density at radius 2 is 1.89 bits per heavy atom. The van der Waals surface area contributed by atoms with Crippen LogP contribution in [0.4, 0.5) is 11.4 Å². The number of methoxy groups -OCH3 is 1. The molecular weight excluding hydrogens is 392 g/mol. The second-order valence-electron chi connectivity index (χ2n) is 5.51. The topological polar surface area (TPSA) is 117 Å². The Kier molecular flexibility index (Phi) is 7.16. The third-order valence-corrected chi connectivity index (χ3v) is 3.75. The molecule has 0 aromatic heterocycles. The summed E-state index contributed by atoms with van der Waals surface area (Å²) in [6.07, 6.45) is -1.16. The number of rotatable bonds is 8. The summed E-state index contributed by atoms with van der Waals surface area (Å²) in [6.45, 7) is 0.957. The van der Waals surface area contributed by atoms with Crippen LogP contribution in [0.2, 0.25) is 5.02 Å². The van der Waals surface area contributed by atoms with E-state index < -0.39 is 29.5 Å². The van der Waals surface area contributed by atoms with Crippen LogP contribution in [0, 0.1) is 10.1 Å². The van der Waals surface area contributed by atoms with E-state index in [1.165, 1.54) is 26.2 Å². The Bertz CT molecular complexity index is 871. The molecule has 1 atom stereocenters. The normalized spacial score (nSPS) is 11.2. The highest BCUT2D eigenvalue weighted by Crippen LogP contribution is 2.29. The van der Waals surface area contributed by atoms with Crippen LogP contribution in [0.15, 0.2) is 42.5 Å². The lowest BCUT2D eigenvalue weighted by molar-refractivity contribution is -0.384. The number of hydrogen-bond acceptors (Lipinski definition) is 7. The van der Waals surface area contributed by atoms with Crippen LogP contribution in [0.5, 0.6) is 11.5 Å². The number of benzene rings is 2. The molecule has 0 saturated heterocycles. The molecule has 28 heavy (non-hydrogen) atoms. The number of nitrogens with one attached hydrogen (secondary N) is 1. The smallest absolute Gasteiger partial charge is 0.344 e. The second kappa shape index (κ2) is 9.56. The van der Waals surface area contributed by atoms with Gasteiger partial charge in [-0.05, 0) is 37.3 Å². The number of esters is 1. The number of halogens is 1. The van der Waals surface area contributed by atoms with Gasteiger partial charge in [0, 0.05) is 17.2 Å². The summed E-state index contributed by atoms with van der Waals surface area (Å²) in [4.78, 5) is 34.4. The molecule has 0 bridgehead atoms. The van der Waals surface area contributed by atoms with Gasteiger partial charge in [-0.15, -0.1) is 0 Å². The fraction of sp³-hybridized carbons (Fsp3) is 0.222. The molecule has 0 aliphatic rings. The van der Waals surface area contributed by atoms with E-state index in [9.17, 15) is 19.7 Å². The van der Waals surface area contributed by atoms with Gasteiger partial charge in [0.05, 0.1) is 17.7 Å². The highest BCUT2D eigenvalue weighted by atomic mass is 35.5. The lowest BCUT2D eigenvalue weighted by Crippen LogP contribution is -2.31. The van der Waals surface area contributed by atoms with Gasteiger partial charge in [-0.1, -0.05) is 11.6 Å². The molecule has 1 N–H and O–H groups in total. The Hall–Kier alpha value is -3.33. The average molecular weight is 409 g/mol. The van der Waals surface area contributed by atoms with Gasteiger partial charge in [0.2, 0.25) is 0 Å². The summed E-state index contributed by atoms with van der Waals surface area (Å²) < 4.78 is 15.3. The van der Waals surface area contributed by atoms with Gasteiger partial charge in [-0.3, -0.25) is 14.9 Å². The minimum atomic E-state index is -1.16. The van der Waals surface area contributed by atoms with Crippen LogP contribution in [0.25, 0.3) is 0 Å². The SMILES string of the molecule is COc1ccc([N+](=O)[O-])cc1NC(=O)[C@@H](C)OC(=O)COc1ccc(Cl)cc1. The fourth-order valence-corrected chi connectivity index (χ4v) is 2.23. The van der Waals surface area contributed by atoms with Crippen molar-refractivity contribution in [1.82, 2.24) is 0 Å². The summed E-state index contributed by atoms with van der Waals surface area (Å²) in [5.74, 6) is -0.800. The first-order chi connectivity index (χ1) is 13.3. The number of ether oxygens (including phenoxy) is 3. The first kappa shape index (κ1) is 21.0. The van der Waals surface area contributed by atoms with Crippen molar-refractivity contribution in [3.8, 4) is 11.5 Å². The molecule has 2 aromatic carbocycles. The molecule has 2 rings (SSSR count). The number of nitro groups is 1. The average Bonchev–Trinajstić information content (AvgIpc) is 2.67. The first-order valence-corrected chi connectivity index (χ1v) is 8.39. The first-order valence-electron chi connectivity index (χ1n) is 8.01. The summed E-state index contributed by atoms with van der Waals surface area (Å²) >= 11 is 5.76. The number of nitrogens with zero attached hydrogens (tertiary/aromatic N) is 1. The van der Waals surface area contributed by atoms with Crippen molar-refractivity contribution in [2.75, 3.05) is 19.0 Å². The molecule has 10 heteroatoms. The van der Waals surface area contributed by atoms with Crippen LogP contribution >= 0.6 is 11.6 Å². The largest absolute Gasteiger partial charge is 0.495 e. The third-order valence-electron chi connectivity index (χ3n) is 3.50. The fourth-order valence-electron chi connectivity index (χ4n) is 2.10. The number of carbonyl (C=O) groups excluding carboxylic acids is 2. The van der Waals surface area contributed by atoms with E-state index in [0.29, 0.717) is 10.8 Å². The second-order valence-corrected chi connectivity index (χ2v) is 5.94. The monoisotopic (exact) mass is 408 g/mol. The van der Waals surface area contributed by atoms with Gasteiger partial charge in [0.1, 0.15) is 11.5 Å². The van der Waals surface area contributed by atoms with Gasteiger partial charge < -0.3 is 19.5 Å². The molecule has 0 aliphatic carbocycles. The molecule has 0 unspecified atom stereocenters. The van der Waals surface area contributed by atoms with Crippen molar-refractivity contribution in [2.24, 2.45) is 0 Å². The van der Waals surface area contributed by atoms with E-state index in [1.54, 1.807) is 24.3 Å². The quantitative estimate of drug-likeness (QED) is 0.405. The molecule has 0 saturated carbocycles. The predicted octanol–water partition coefficient (Wildman–Crippen LogP) is 3.21. The van der Waals surface area contributed by atoms with Crippen molar-refractivity contribution >= 4 is 34.9 Å². The summed E-state index contributed by atoms with van der Waals surface area (Å²) in [5.41, 5.74) is -0.140. The number of hydrogen-bond donors (Lipinski definition) is 1. The maximum atomic E-state index is 12.2. The Balaban J connectivity index is 1.93. The summed E-state index contributed by atoms with van der Waals surface area (Å²) in [5, 5.41) is 13.9. The molecule has 148 valence electrons. The number of non-ortho nitro benzene ring substituents is 1. The van der Waals surface area contributed by atoms with Crippen molar-refractivity contribution in [3.63, 3.8) is 0 Å². The zero-order chi connectivity index (χ0) is 20.7. The maximum absolute atomic E-state index is 12.2. The van der Waals surface area contributed by atoms with Crippen molar-refractivity contribution in [1.29, 1.82) is 0 Å². The van der Waals surface area contributed by atoms with Gasteiger partial charge in [-0.2, -0.15) is 0 Å². The third kappa shape index (κ3) is 5.85. The van der Waals surface area contributed by atoms with E-state index >= 15 is 0 Å². The Morgan fingerprint density at radius 1 is 1.21 bits per heavy atom. The lowest BCUT2D eigenvalue weighted by atomic mass is 10.2. The predicted molar refractivity (Wildman–Crippen MR) is 101 cm³/mol. The van der Waals surface area contributed by atoms with Crippen molar-refractivity contribution < 1.29 is 28.7 Å². The Labute approximate surface area is 165 Å². The number of carbonyl (C=O) groups is 2. The molecule has 9 nitrogen and oxygen atoms in total.